The van der Waals surface area contributed by atoms with E-state index in [0.717, 1.165) is 12.5 Å². The van der Waals surface area contributed by atoms with Gasteiger partial charge in [-0.2, -0.15) is 11.8 Å². The second-order valence-electron chi connectivity index (χ2n) is 4.93. The van der Waals surface area contributed by atoms with Crippen LogP contribution in [0, 0.1) is 5.92 Å². The zero-order chi connectivity index (χ0) is 11.4. The number of carbonyl (C=O) groups is 1. The fourth-order valence-corrected chi connectivity index (χ4v) is 4.00. The predicted molar refractivity (Wildman–Crippen MR) is 66.9 cm³/mol. The zero-order valence-electron chi connectivity index (χ0n) is 9.73. The molecule has 4 heteroatoms. The van der Waals surface area contributed by atoms with E-state index in [0.29, 0.717) is 12.3 Å². The van der Waals surface area contributed by atoms with Crippen LogP contribution in [-0.2, 0) is 4.79 Å². The minimum atomic E-state index is -0.644. The number of nitrogens with zero attached hydrogens (tertiary/aromatic N) is 1. The van der Waals surface area contributed by atoms with E-state index >= 15 is 0 Å². The molecule has 0 spiro atoms. The summed E-state index contributed by atoms with van der Waals surface area (Å²) in [6.07, 6.45) is 4.99. The van der Waals surface area contributed by atoms with Gasteiger partial charge in [-0.3, -0.25) is 9.69 Å². The van der Waals surface area contributed by atoms with Crippen molar-refractivity contribution in [2.24, 2.45) is 5.92 Å². The first kappa shape index (κ1) is 12.2. The molecule has 2 heterocycles. The summed E-state index contributed by atoms with van der Waals surface area (Å²) in [4.78, 5) is 13.1. The minimum absolute atomic E-state index is 0.351. The molecule has 2 rings (SSSR count). The number of carboxylic acid groups (broad SMARTS) is 1. The van der Waals surface area contributed by atoms with Gasteiger partial charge in [0.2, 0.25) is 0 Å². The van der Waals surface area contributed by atoms with Crippen LogP contribution in [0.5, 0.6) is 0 Å². The Labute approximate surface area is 102 Å². The highest BCUT2D eigenvalue weighted by atomic mass is 32.2. The number of likely N-dealkylation sites (tertiary alicyclic amines) is 1. The molecular formula is C12H21NO2S. The molecule has 0 radical (unpaired) electrons. The summed E-state index contributed by atoms with van der Waals surface area (Å²) in [7, 11) is 0. The second kappa shape index (κ2) is 5.92. The molecule has 0 bridgehead atoms. The molecule has 0 amide bonds. The Kier molecular flexibility index (Phi) is 4.53. The lowest BCUT2D eigenvalue weighted by Gasteiger charge is -2.35. The van der Waals surface area contributed by atoms with Gasteiger partial charge < -0.3 is 5.11 Å². The Morgan fingerprint density at radius 3 is 2.62 bits per heavy atom. The molecule has 2 aliphatic rings. The van der Waals surface area contributed by atoms with Crippen LogP contribution >= 0.6 is 11.8 Å². The quantitative estimate of drug-likeness (QED) is 0.820. The maximum absolute atomic E-state index is 10.5. The molecule has 2 aliphatic heterocycles. The molecule has 1 N–H and O–H groups in total. The highest BCUT2D eigenvalue weighted by molar-refractivity contribution is 7.99. The molecule has 2 saturated heterocycles. The van der Waals surface area contributed by atoms with E-state index in [1.165, 1.54) is 43.9 Å². The van der Waals surface area contributed by atoms with E-state index < -0.39 is 5.97 Å². The monoisotopic (exact) mass is 243 g/mol. The first-order chi connectivity index (χ1) is 7.75. The number of carboxylic acids is 1. The second-order valence-corrected chi connectivity index (χ2v) is 6.08. The smallest absolute Gasteiger partial charge is 0.303 e. The van der Waals surface area contributed by atoms with Crippen LogP contribution in [0.3, 0.4) is 0 Å². The summed E-state index contributed by atoms with van der Waals surface area (Å²) < 4.78 is 0. The summed E-state index contributed by atoms with van der Waals surface area (Å²) in [5.41, 5.74) is 0. The Balaban J connectivity index is 1.67. The van der Waals surface area contributed by atoms with E-state index in [4.69, 9.17) is 5.11 Å². The molecule has 0 aromatic carbocycles. The van der Waals surface area contributed by atoms with Gasteiger partial charge in [-0.1, -0.05) is 0 Å². The Morgan fingerprint density at radius 2 is 2.06 bits per heavy atom. The van der Waals surface area contributed by atoms with Crippen molar-refractivity contribution in [1.29, 1.82) is 0 Å². The molecule has 16 heavy (non-hydrogen) atoms. The first-order valence-corrected chi connectivity index (χ1v) is 7.45. The van der Waals surface area contributed by atoms with Gasteiger partial charge in [-0.25, -0.2) is 0 Å². The summed E-state index contributed by atoms with van der Waals surface area (Å²) >= 11 is 2.07. The van der Waals surface area contributed by atoms with Crippen molar-refractivity contribution in [1.82, 2.24) is 4.90 Å². The van der Waals surface area contributed by atoms with Crippen LogP contribution in [-0.4, -0.2) is 46.6 Å². The Morgan fingerprint density at radius 1 is 1.31 bits per heavy atom. The SMILES string of the molecule is O=C(O)CCC1CCN(C2CCSC2)CC1. The van der Waals surface area contributed by atoms with Gasteiger partial charge in [0, 0.05) is 18.2 Å². The van der Waals surface area contributed by atoms with Gasteiger partial charge in [0.05, 0.1) is 0 Å². The van der Waals surface area contributed by atoms with Gasteiger partial charge in [0.15, 0.2) is 0 Å². The van der Waals surface area contributed by atoms with Crippen molar-refractivity contribution < 1.29 is 9.90 Å². The fourth-order valence-electron chi connectivity index (χ4n) is 2.74. The van der Waals surface area contributed by atoms with Crippen LogP contribution in [0.1, 0.15) is 32.1 Å². The topological polar surface area (TPSA) is 40.5 Å². The highest BCUT2D eigenvalue weighted by Crippen LogP contribution is 2.28. The van der Waals surface area contributed by atoms with Crippen LogP contribution in [0.4, 0.5) is 0 Å². The molecule has 0 saturated carbocycles. The molecule has 2 fully saturated rings. The average molecular weight is 243 g/mol. The molecular weight excluding hydrogens is 222 g/mol. The number of aliphatic carboxylic acids is 1. The fraction of sp³-hybridized carbons (Fsp3) is 0.917. The first-order valence-electron chi connectivity index (χ1n) is 6.29. The van der Waals surface area contributed by atoms with Crippen molar-refractivity contribution in [2.75, 3.05) is 24.6 Å². The zero-order valence-corrected chi connectivity index (χ0v) is 10.5. The van der Waals surface area contributed by atoms with E-state index in [-0.39, 0.29) is 0 Å². The maximum Gasteiger partial charge on any atom is 0.303 e. The molecule has 92 valence electrons. The standard InChI is InChI=1S/C12H21NO2S/c14-12(15)2-1-10-3-6-13(7-4-10)11-5-8-16-9-11/h10-11H,1-9H2,(H,14,15). The van der Waals surface area contributed by atoms with E-state index in [2.05, 4.69) is 16.7 Å². The van der Waals surface area contributed by atoms with Crippen LogP contribution in [0.15, 0.2) is 0 Å². The van der Waals surface area contributed by atoms with Crippen molar-refractivity contribution in [3.63, 3.8) is 0 Å². The number of rotatable bonds is 4. The van der Waals surface area contributed by atoms with Gasteiger partial charge in [0.1, 0.15) is 0 Å². The van der Waals surface area contributed by atoms with E-state index in [9.17, 15) is 4.79 Å². The van der Waals surface area contributed by atoms with E-state index in [1.54, 1.807) is 0 Å². The van der Waals surface area contributed by atoms with Gasteiger partial charge in [0.25, 0.3) is 0 Å². The molecule has 1 atom stereocenters. The third-order valence-corrected chi connectivity index (χ3v) is 4.98. The molecule has 1 unspecified atom stereocenters. The lowest BCUT2D eigenvalue weighted by Crippen LogP contribution is -2.41. The summed E-state index contributed by atoms with van der Waals surface area (Å²) in [5, 5.41) is 8.66. The Hall–Kier alpha value is -0.220. The summed E-state index contributed by atoms with van der Waals surface area (Å²) in [5.74, 6) is 2.64. The molecule has 0 aromatic rings. The summed E-state index contributed by atoms with van der Waals surface area (Å²) in [6.45, 7) is 2.38. The third kappa shape index (κ3) is 3.39. The van der Waals surface area contributed by atoms with Crippen molar-refractivity contribution in [2.45, 2.75) is 38.1 Å². The largest absolute Gasteiger partial charge is 0.481 e. The van der Waals surface area contributed by atoms with Crippen LogP contribution in [0.25, 0.3) is 0 Å². The van der Waals surface area contributed by atoms with Gasteiger partial charge in [-0.15, -0.1) is 0 Å². The number of piperidine rings is 1. The Bertz CT molecular complexity index is 233. The predicted octanol–water partition coefficient (Wildman–Crippen LogP) is 2.07. The number of hydrogen-bond acceptors (Lipinski definition) is 3. The van der Waals surface area contributed by atoms with Gasteiger partial charge >= 0.3 is 5.97 Å². The lowest BCUT2D eigenvalue weighted by atomic mass is 9.91. The average Bonchev–Trinajstić information content (AvgIpc) is 2.80. The maximum atomic E-state index is 10.5. The normalized spacial score (nSPS) is 28.4. The van der Waals surface area contributed by atoms with Crippen LogP contribution in [0.2, 0.25) is 0 Å². The summed E-state index contributed by atoms with van der Waals surface area (Å²) in [6, 6.07) is 0.811. The molecule has 0 aliphatic carbocycles. The number of hydrogen-bond donors (Lipinski definition) is 1. The third-order valence-electron chi connectivity index (χ3n) is 3.84. The molecule has 0 aromatic heterocycles. The minimum Gasteiger partial charge on any atom is -0.481 e. The van der Waals surface area contributed by atoms with Crippen LogP contribution < -0.4 is 0 Å². The molecule has 3 nitrogen and oxygen atoms in total. The number of thioether (sulfide) groups is 1. The highest BCUT2D eigenvalue weighted by Gasteiger charge is 2.27. The van der Waals surface area contributed by atoms with Crippen molar-refractivity contribution in [3.05, 3.63) is 0 Å². The van der Waals surface area contributed by atoms with E-state index in [1.807, 2.05) is 0 Å². The lowest BCUT2D eigenvalue weighted by molar-refractivity contribution is -0.137. The van der Waals surface area contributed by atoms with Gasteiger partial charge in [-0.05, 0) is 50.4 Å². The van der Waals surface area contributed by atoms with Crippen molar-refractivity contribution in [3.8, 4) is 0 Å². The van der Waals surface area contributed by atoms with Crippen molar-refractivity contribution >= 4 is 17.7 Å².